The lowest BCUT2D eigenvalue weighted by atomic mass is 10.1. The number of ether oxygens (including phenoxy) is 1. The van der Waals surface area contributed by atoms with Crippen molar-refractivity contribution in [3.05, 3.63) is 71.7 Å². The summed E-state index contributed by atoms with van der Waals surface area (Å²) >= 11 is 1.14. The molecule has 1 heterocycles. The van der Waals surface area contributed by atoms with Crippen molar-refractivity contribution in [3.63, 3.8) is 0 Å². The van der Waals surface area contributed by atoms with E-state index in [-0.39, 0.29) is 21.5 Å². The number of amides is 1. The lowest BCUT2D eigenvalue weighted by Crippen LogP contribution is -2.21. The van der Waals surface area contributed by atoms with Gasteiger partial charge in [-0.2, -0.15) is 0 Å². The van der Waals surface area contributed by atoms with Crippen molar-refractivity contribution in [2.45, 2.75) is 11.8 Å². The summed E-state index contributed by atoms with van der Waals surface area (Å²) in [6.07, 6.45) is 2.28. The summed E-state index contributed by atoms with van der Waals surface area (Å²) in [6.45, 7) is 2.34. The van der Waals surface area contributed by atoms with E-state index in [9.17, 15) is 23.1 Å². The molecule has 3 rings (SSSR count). The van der Waals surface area contributed by atoms with Gasteiger partial charge in [0.25, 0.3) is 15.9 Å². The van der Waals surface area contributed by atoms with Crippen LogP contribution in [0, 0.1) is 0 Å². The number of thiazole rings is 1. The molecule has 0 spiro atoms. The largest absolute Gasteiger partial charge is 0.507 e. The van der Waals surface area contributed by atoms with Crippen molar-refractivity contribution in [1.29, 1.82) is 0 Å². The van der Waals surface area contributed by atoms with E-state index in [1.165, 1.54) is 30.5 Å². The molecule has 0 radical (unpaired) electrons. The first kappa shape index (κ1) is 23.0. The van der Waals surface area contributed by atoms with Gasteiger partial charge in [0.1, 0.15) is 11.5 Å². The van der Waals surface area contributed by atoms with Crippen LogP contribution in [0.1, 0.15) is 12.5 Å². The fourth-order valence-electron chi connectivity index (χ4n) is 2.52. The molecule has 0 saturated carbocycles. The molecule has 9 nitrogen and oxygen atoms in total. The van der Waals surface area contributed by atoms with E-state index >= 15 is 0 Å². The number of hydrogen-bond acceptors (Lipinski definition) is 8. The van der Waals surface area contributed by atoms with Crippen LogP contribution in [0.15, 0.2) is 71.1 Å². The lowest BCUT2D eigenvalue weighted by Gasteiger charge is -2.07. The Balaban J connectivity index is 1.63. The summed E-state index contributed by atoms with van der Waals surface area (Å²) in [4.78, 5) is 28.1. The Morgan fingerprint density at radius 1 is 1.12 bits per heavy atom. The predicted octanol–water partition coefficient (Wildman–Crippen LogP) is 3.45. The van der Waals surface area contributed by atoms with Crippen LogP contribution in [0.2, 0.25) is 0 Å². The van der Waals surface area contributed by atoms with E-state index in [2.05, 4.69) is 15.0 Å². The van der Waals surface area contributed by atoms with E-state index in [0.29, 0.717) is 17.9 Å². The first-order chi connectivity index (χ1) is 15.3. The minimum Gasteiger partial charge on any atom is -0.507 e. The van der Waals surface area contributed by atoms with Crippen LogP contribution in [0.4, 0.5) is 10.8 Å². The van der Waals surface area contributed by atoms with Gasteiger partial charge < -0.3 is 15.2 Å². The highest BCUT2D eigenvalue weighted by Crippen LogP contribution is 2.20. The fourth-order valence-corrected chi connectivity index (χ4v) is 4.31. The number of ketones is 1. The zero-order valence-electron chi connectivity index (χ0n) is 16.8. The van der Waals surface area contributed by atoms with Crippen molar-refractivity contribution < 1.29 is 27.9 Å². The molecule has 0 aliphatic carbocycles. The second-order valence-corrected chi connectivity index (χ2v) is 8.85. The fraction of sp³-hybridized carbons (Fsp3) is 0.0952. The molecule has 0 aliphatic rings. The third-order valence-electron chi connectivity index (χ3n) is 4.03. The molecule has 32 heavy (non-hydrogen) atoms. The molecule has 0 atom stereocenters. The molecule has 166 valence electrons. The average Bonchev–Trinajstić information content (AvgIpc) is 3.27. The van der Waals surface area contributed by atoms with Crippen LogP contribution in [0.5, 0.6) is 5.75 Å². The van der Waals surface area contributed by atoms with Gasteiger partial charge >= 0.3 is 0 Å². The number of hydrogen-bond donors (Lipinski definition) is 3. The summed E-state index contributed by atoms with van der Waals surface area (Å²) < 4.78 is 32.3. The maximum absolute atomic E-state index is 12.3. The highest BCUT2D eigenvalue weighted by molar-refractivity contribution is 7.93. The van der Waals surface area contributed by atoms with Crippen molar-refractivity contribution in [2.24, 2.45) is 0 Å². The molecule has 2 aromatic carbocycles. The third-order valence-corrected chi connectivity index (χ3v) is 6.20. The van der Waals surface area contributed by atoms with Crippen molar-refractivity contribution in [3.8, 4) is 5.75 Å². The summed E-state index contributed by atoms with van der Waals surface area (Å²) in [5.74, 6) is -1.72. The first-order valence-corrected chi connectivity index (χ1v) is 11.7. The number of aliphatic hydroxyl groups excluding tert-OH is 1. The van der Waals surface area contributed by atoms with Gasteiger partial charge in [0, 0.05) is 28.9 Å². The standard InChI is InChI=1S/C21H19N3O6S2/c1-2-30-16-7-3-14(4-8-16)18(25)13-19(26)20(27)23-15-5-9-17(10-6-15)32(28,29)24-21-22-11-12-31-21/h3-13,25H,2H2,1H3,(H,22,24)(H,23,27). The molecule has 0 fully saturated rings. The van der Waals surface area contributed by atoms with Crippen LogP contribution >= 0.6 is 11.3 Å². The molecule has 3 N–H and O–H groups in total. The summed E-state index contributed by atoms with van der Waals surface area (Å²) in [5.41, 5.74) is 0.558. The Morgan fingerprint density at radius 3 is 2.41 bits per heavy atom. The lowest BCUT2D eigenvalue weighted by molar-refractivity contribution is -0.131. The number of aliphatic hydroxyl groups is 1. The minimum atomic E-state index is -3.83. The average molecular weight is 474 g/mol. The molecule has 1 aromatic heterocycles. The van der Waals surface area contributed by atoms with Crippen molar-refractivity contribution >= 4 is 49.6 Å². The molecular weight excluding hydrogens is 454 g/mol. The zero-order chi connectivity index (χ0) is 23.1. The number of sulfonamides is 1. The second kappa shape index (κ2) is 10.1. The van der Waals surface area contributed by atoms with E-state index in [1.807, 2.05) is 6.92 Å². The van der Waals surface area contributed by atoms with E-state index in [0.717, 1.165) is 17.4 Å². The SMILES string of the molecule is CCOc1ccc(C(O)=CC(=O)C(=O)Nc2ccc(S(=O)(=O)Nc3nccs3)cc2)cc1. The molecule has 0 aliphatic heterocycles. The van der Waals surface area contributed by atoms with Gasteiger partial charge in [-0.15, -0.1) is 11.3 Å². The number of carbonyl (C=O) groups excluding carboxylic acids is 2. The van der Waals surface area contributed by atoms with E-state index in [4.69, 9.17) is 4.74 Å². The Bertz CT molecular complexity index is 1220. The van der Waals surface area contributed by atoms with Gasteiger partial charge in [-0.05, 0) is 55.5 Å². The first-order valence-electron chi connectivity index (χ1n) is 9.30. The van der Waals surface area contributed by atoms with Gasteiger partial charge in [-0.25, -0.2) is 13.4 Å². The summed E-state index contributed by atoms with van der Waals surface area (Å²) in [6, 6.07) is 11.6. The Kier molecular flexibility index (Phi) is 7.23. The molecule has 0 unspecified atom stereocenters. The number of carbonyl (C=O) groups is 2. The normalized spacial score (nSPS) is 11.6. The topological polar surface area (TPSA) is 135 Å². The molecular formula is C21H19N3O6S2. The smallest absolute Gasteiger partial charge is 0.296 e. The predicted molar refractivity (Wildman–Crippen MR) is 121 cm³/mol. The maximum Gasteiger partial charge on any atom is 0.296 e. The Hall–Kier alpha value is -3.70. The van der Waals surface area contributed by atoms with Crippen LogP contribution in [-0.4, -0.2) is 36.8 Å². The zero-order valence-corrected chi connectivity index (χ0v) is 18.4. The summed E-state index contributed by atoms with van der Waals surface area (Å²) in [7, 11) is -3.83. The van der Waals surface area contributed by atoms with Crippen LogP contribution < -0.4 is 14.8 Å². The number of nitrogens with one attached hydrogen (secondary N) is 2. The van der Waals surface area contributed by atoms with E-state index in [1.54, 1.807) is 29.6 Å². The van der Waals surface area contributed by atoms with Crippen LogP contribution in [-0.2, 0) is 19.6 Å². The molecule has 11 heteroatoms. The van der Waals surface area contributed by atoms with Gasteiger partial charge in [0.2, 0.25) is 5.78 Å². The van der Waals surface area contributed by atoms with Gasteiger partial charge in [-0.1, -0.05) is 0 Å². The highest BCUT2D eigenvalue weighted by atomic mass is 32.2. The number of anilines is 2. The van der Waals surface area contributed by atoms with Crippen molar-refractivity contribution in [2.75, 3.05) is 16.6 Å². The molecule has 3 aromatic rings. The Morgan fingerprint density at radius 2 is 1.81 bits per heavy atom. The highest BCUT2D eigenvalue weighted by Gasteiger charge is 2.17. The van der Waals surface area contributed by atoms with Crippen LogP contribution in [0.3, 0.4) is 0 Å². The molecule has 0 bridgehead atoms. The van der Waals surface area contributed by atoms with Crippen molar-refractivity contribution in [1.82, 2.24) is 4.98 Å². The quantitative estimate of drug-likeness (QED) is 0.246. The number of aromatic nitrogens is 1. The van der Waals surface area contributed by atoms with E-state index < -0.39 is 21.7 Å². The number of nitrogens with zero attached hydrogens (tertiary/aromatic N) is 1. The molecule has 0 saturated heterocycles. The number of rotatable bonds is 9. The van der Waals surface area contributed by atoms with Crippen LogP contribution in [0.25, 0.3) is 5.76 Å². The summed E-state index contributed by atoms with van der Waals surface area (Å²) in [5, 5.41) is 14.3. The van der Waals surface area contributed by atoms with Gasteiger partial charge in [-0.3, -0.25) is 14.3 Å². The second-order valence-electron chi connectivity index (χ2n) is 6.27. The van der Waals surface area contributed by atoms with Gasteiger partial charge in [0.05, 0.1) is 11.5 Å². The van der Waals surface area contributed by atoms with Gasteiger partial charge in [0.15, 0.2) is 5.13 Å². The minimum absolute atomic E-state index is 0.0370. The Labute approximate surface area is 188 Å². The number of benzene rings is 2. The maximum atomic E-state index is 12.3. The molecule has 1 amide bonds. The third kappa shape index (κ3) is 5.93. The monoisotopic (exact) mass is 473 g/mol.